The minimum absolute atomic E-state index is 0.134. The summed E-state index contributed by atoms with van der Waals surface area (Å²) in [5.74, 6) is -0.0486. The lowest BCUT2D eigenvalue weighted by Crippen LogP contribution is -2.36. The lowest BCUT2D eigenvalue weighted by Gasteiger charge is -2.36. The predicted molar refractivity (Wildman–Crippen MR) is 73.4 cm³/mol. The molecule has 1 N–H and O–H groups in total. The van der Waals surface area contributed by atoms with Crippen molar-refractivity contribution < 1.29 is 14.7 Å². The number of allylic oxidation sites excluding steroid dienone is 1. The summed E-state index contributed by atoms with van der Waals surface area (Å²) in [5.41, 5.74) is 1.48. The Hall–Kier alpha value is -0.960. The third kappa shape index (κ3) is 4.05. The van der Waals surface area contributed by atoms with Gasteiger partial charge in [0, 0.05) is 6.42 Å². The molecule has 0 aromatic rings. The molecule has 104 valence electrons. The van der Waals surface area contributed by atoms with Crippen LogP contribution < -0.4 is 0 Å². The van der Waals surface area contributed by atoms with Gasteiger partial charge in [0.1, 0.15) is 11.9 Å². The van der Waals surface area contributed by atoms with Crippen LogP contribution in [0.15, 0.2) is 11.1 Å². The molecule has 0 radical (unpaired) electrons. The molecule has 1 unspecified atom stereocenters. The number of aliphatic hydroxyl groups is 1. The molecule has 18 heavy (non-hydrogen) atoms. The zero-order valence-electron chi connectivity index (χ0n) is 12.5. The number of ketones is 2. The second kappa shape index (κ2) is 6.83. The number of hydrogen-bond donors (Lipinski definition) is 1. The van der Waals surface area contributed by atoms with Gasteiger partial charge in [-0.3, -0.25) is 4.79 Å². The molecule has 1 aliphatic rings. The lowest BCUT2D eigenvalue weighted by atomic mass is 9.69. The monoisotopic (exact) mass is 254 g/mol. The fourth-order valence-electron chi connectivity index (χ4n) is 2.43. The maximum absolute atomic E-state index is 11.7. The molecular weight excluding hydrogens is 228 g/mol. The first kappa shape index (κ1) is 17.0. The Kier molecular flexibility index (Phi) is 6.47. The van der Waals surface area contributed by atoms with E-state index in [0.717, 1.165) is 5.57 Å². The summed E-state index contributed by atoms with van der Waals surface area (Å²) in [6.07, 6.45) is 0.679. The molecule has 3 nitrogen and oxygen atoms in total. The summed E-state index contributed by atoms with van der Waals surface area (Å²) in [4.78, 5) is 22.7. The first-order chi connectivity index (χ1) is 8.25. The highest BCUT2D eigenvalue weighted by atomic mass is 16.3. The first-order valence-corrected chi connectivity index (χ1v) is 6.67. The maximum Gasteiger partial charge on any atom is 0.186 e. The second-order valence-corrected chi connectivity index (χ2v) is 5.27. The number of carbonyl (C=O) groups is 2. The van der Waals surface area contributed by atoms with Crippen molar-refractivity contribution in [2.75, 3.05) is 0 Å². The molecule has 0 amide bonds. The fraction of sp³-hybridized carbons (Fsp3) is 0.733. The van der Waals surface area contributed by atoms with Crippen molar-refractivity contribution in [2.45, 2.75) is 66.9 Å². The summed E-state index contributed by atoms with van der Waals surface area (Å²) in [6.45, 7) is 11.3. The molecular formula is C15H26O3. The Bertz CT molecular complexity index is 351. The smallest absolute Gasteiger partial charge is 0.186 e. The van der Waals surface area contributed by atoms with Crippen LogP contribution in [0.2, 0.25) is 0 Å². The van der Waals surface area contributed by atoms with E-state index in [1.807, 2.05) is 27.7 Å². The minimum Gasteiger partial charge on any atom is -0.385 e. The Morgan fingerprint density at radius 1 is 1.39 bits per heavy atom. The van der Waals surface area contributed by atoms with Crippen LogP contribution in [0.25, 0.3) is 0 Å². The Balaban J connectivity index is 0.00000137. The van der Waals surface area contributed by atoms with E-state index in [0.29, 0.717) is 24.8 Å². The zero-order valence-corrected chi connectivity index (χ0v) is 12.5. The van der Waals surface area contributed by atoms with Gasteiger partial charge in [-0.15, -0.1) is 0 Å². The standard InChI is InChI=1S/C13H20O3.C2H6/c1-8(14)5-6-10-9(2)12(16)11(15)7-13(10,3)4;1-2/h11,15H,5-7H2,1-4H3;1-2H3. The van der Waals surface area contributed by atoms with Gasteiger partial charge in [0.2, 0.25) is 0 Å². The van der Waals surface area contributed by atoms with Crippen LogP contribution in [0.1, 0.15) is 60.8 Å². The third-order valence-corrected chi connectivity index (χ3v) is 3.37. The molecule has 0 aromatic carbocycles. The quantitative estimate of drug-likeness (QED) is 0.842. The lowest BCUT2D eigenvalue weighted by molar-refractivity contribution is -0.126. The Morgan fingerprint density at radius 3 is 2.33 bits per heavy atom. The molecule has 1 atom stereocenters. The summed E-state index contributed by atoms with van der Waals surface area (Å²) < 4.78 is 0. The van der Waals surface area contributed by atoms with Crippen LogP contribution in [0.5, 0.6) is 0 Å². The highest BCUT2D eigenvalue weighted by molar-refractivity contribution is 6.00. The Labute approximate surface area is 110 Å². The van der Waals surface area contributed by atoms with Gasteiger partial charge < -0.3 is 9.90 Å². The van der Waals surface area contributed by atoms with Gasteiger partial charge in [-0.25, -0.2) is 0 Å². The van der Waals surface area contributed by atoms with Crippen LogP contribution in [-0.2, 0) is 9.59 Å². The molecule has 0 aromatic heterocycles. The molecule has 0 aliphatic heterocycles. The van der Waals surface area contributed by atoms with Crippen LogP contribution in [0, 0.1) is 5.41 Å². The topological polar surface area (TPSA) is 54.4 Å². The van der Waals surface area contributed by atoms with Crippen molar-refractivity contribution in [1.82, 2.24) is 0 Å². The average Bonchev–Trinajstić information content (AvgIpc) is 2.27. The molecule has 0 bridgehead atoms. The Morgan fingerprint density at radius 2 is 1.89 bits per heavy atom. The molecule has 0 spiro atoms. The van der Waals surface area contributed by atoms with Crippen molar-refractivity contribution in [3.63, 3.8) is 0 Å². The van der Waals surface area contributed by atoms with E-state index in [2.05, 4.69) is 0 Å². The largest absolute Gasteiger partial charge is 0.385 e. The molecule has 1 aliphatic carbocycles. The molecule has 3 heteroatoms. The van der Waals surface area contributed by atoms with E-state index in [9.17, 15) is 14.7 Å². The fourth-order valence-corrected chi connectivity index (χ4v) is 2.43. The third-order valence-electron chi connectivity index (χ3n) is 3.37. The average molecular weight is 254 g/mol. The van der Waals surface area contributed by atoms with Gasteiger partial charge in [0.15, 0.2) is 5.78 Å². The summed E-state index contributed by atoms with van der Waals surface area (Å²) in [5, 5.41) is 9.63. The van der Waals surface area contributed by atoms with E-state index in [-0.39, 0.29) is 17.0 Å². The van der Waals surface area contributed by atoms with E-state index < -0.39 is 6.10 Å². The number of carbonyl (C=O) groups excluding carboxylic acids is 2. The summed E-state index contributed by atoms with van der Waals surface area (Å²) in [6, 6.07) is 0. The van der Waals surface area contributed by atoms with Gasteiger partial charge >= 0.3 is 0 Å². The maximum atomic E-state index is 11.7. The van der Waals surface area contributed by atoms with E-state index in [1.165, 1.54) is 0 Å². The molecule has 0 heterocycles. The predicted octanol–water partition coefficient (Wildman–Crippen LogP) is 3.06. The number of Topliss-reactive ketones (excluding diaryl/α,β-unsaturated/α-hetero) is 2. The number of aliphatic hydroxyl groups excluding tert-OH is 1. The highest BCUT2D eigenvalue weighted by Crippen LogP contribution is 2.41. The van der Waals surface area contributed by atoms with Crippen LogP contribution >= 0.6 is 0 Å². The molecule has 1 rings (SSSR count). The van der Waals surface area contributed by atoms with Gasteiger partial charge in [0.05, 0.1) is 0 Å². The van der Waals surface area contributed by atoms with Crippen LogP contribution in [0.4, 0.5) is 0 Å². The molecule has 0 fully saturated rings. The van der Waals surface area contributed by atoms with Crippen molar-refractivity contribution in [2.24, 2.45) is 5.41 Å². The molecule has 0 saturated carbocycles. The number of rotatable bonds is 3. The van der Waals surface area contributed by atoms with E-state index >= 15 is 0 Å². The van der Waals surface area contributed by atoms with Crippen molar-refractivity contribution in [1.29, 1.82) is 0 Å². The normalized spacial score (nSPS) is 22.4. The second-order valence-electron chi connectivity index (χ2n) is 5.27. The van der Waals surface area contributed by atoms with E-state index in [4.69, 9.17) is 0 Å². The van der Waals surface area contributed by atoms with Gasteiger partial charge in [0.25, 0.3) is 0 Å². The van der Waals surface area contributed by atoms with Crippen LogP contribution in [-0.4, -0.2) is 22.8 Å². The van der Waals surface area contributed by atoms with Gasteiger partial charge in [-0.05, 0) is 37.7 Å². The van der Waals surface area contributed by atoms with Crippen molar-refractivity contribution in [3.8, 4) is 0 Å². The molecule has 0 saturated heterocycles. The number of hydrogen-bond acceptors (Lipinski definition) is 3. The summed E-state index contributed by atoms with van der Waals surface area (Å²) in [7, 11) is 0. The first-order valence-electron chi connectivity index (χ1n) is 6.67. The van der Waals surface area contributed by atoms with Crippen LogP contribution in [0.3, 0.4) is 0 Å². The van der Waals surface area contributed by atoms with Crippen molar-refractivity contribution >= 4 is 11.6 Å². The zero-order chi connectivity index (χ0) is 14.5. The summed E-state index contributed by atoms with van der Waals surface area (Å²) >= 11 is 0. The van der Waals surface area contributed by atoms with Crippen molar-refractivity contribution in [3.05, 3.63) is 11.1 Å². The van der Waals surface area contributed by atoms with Gasteiger partial charge in [-0.2, -0.15) is 0 Å². The van der Waals surface area contributed by atoms with E-state index in [1.54, 1.807) is 13.8 Å². The minimum atomic E-state index is -0.879. The van der Waals surface area contributed by atoms with Gasteiger partial charge in [-0.1, -0.05) is 33.3 Å². The SMILES string of the molecule is CC.CC(=O)CCC1=C(C)C(=O)C(O)CC1(C)C. The highest BCUT2D eigenvalue weighted by Gasteiger charge is 2.37.